The minimum atomic E-state index is -0.655. The molecule has 0 saturated heterocycles. The molecule has 2 aromatic carbocycles. The summed E-state index contributed by atoms with van der Waals surface area (Å²) in [5.41, 5.74) is 3.16. The molecule has 1 aromatic heterocycles. The van der Waals surface area contributed by atoms with Crippen molar-refractivity contribution in [3.8, 4) is 0 Å². The molecule has 0 fully saturated rings. The number of rotatable bonds is 5. The van der Waals surface area contributed by atoms with Gasteiger partial charge in [0.25, 0.3) is 0 Å². The molecule has 0 radical (unpaired) electrons. The number of amides is 1. The fourth-order valence-electron chi connectivity index (χ4n) is 2.40. The Morgan fingerprint density at radius 3 is 2.76 bits per heavy atom. The van der Waals surface area contributed by atoms with E-state index >= 15 is 0 Å². The number of imidazole rings is 1. The van der Waals surface area contributed by atoms with Crippen LogP contribution in [0.3, 0.4) is 0 Å². The first-order valence-corrected chi connectivity index (χ1v) is 8.60. The summed E-state index contributed by atoms with van der Waals surface area (Å²) in [6.45, 7) is 3.33. The molecular formula is C18H16FN3O2S. The summed E-state index contributed by atoms with van der Waals surface area (Å²) < 4.78 is 14.1. The topological polar surface area (TPSA) is 74.8 Å². The normalized spacial score (nSPS) is 10.8. The highest BCUT2D eigenvalue weighted by Crippen LogP contribution is 2.22. The number of Topliss-reactive ketones (excluding diaryl/α,β-unsaturated/α-hetero) is 1. The van der Waals surface area contributed by atoms with Gasteiger partial charge in [0.2, 0.25) is 5.91 Å². The molecule has 0 saturated carbocycles. The molecule has 0 bridgehead atoms. The van der Waals surface area contributed by atoms with Crippen molar-refractivity contribution in [3.05, 3.63) is 53.3 Å². The largest absolute Gasteiger partial charge is 0.333 e. The molecule has 5 nitrogen and oxygen atoms in total. The number of benzene rings is 2. The van der Waals surface area contributed by atoms with E-state index in [1.807, 2.05) is 25.1 Å². The second-order valence-electron chi connectivity index (χ2n) is 5.65. The van der Waals surface area contributed by atoms with Gasteiger partial charge in [0.05, 0.1) is 22.3 Å². The van der Waals surface area contributed by atoms with Crippen molar-refractivity contribution in [1.29, 1.82) is 0 Å². The first kappa shape index (κ1) is 17.2. The number of carbonyl (C=O) groups excluding carboxylic acids is 2. The maximum atomic E-state index is 14.1. The quantitative estimate of drug-likeness (QED) is 0.536. The van der Waals surface area contributed by atoms with Crippen LogP contribution < -0.4 is 5.32 Å². The predicted molar refractivity (Wildman–Crippen MR) is 96.6 cm³/mol. The third-order valence-electron chi connectivity index (χ3n) is 3.55. The van der Waals surface area contributed by atoms with Gasteiger partial charge in [-0.15, -0.1) is 0 Å². The lowest BCUT2D eigenvalue weighted by Crippen LogP contribution is -2.09. The number of aromatic amines is 1. The van der Waals surface area contributed by atoms with Crippen molar-refractivity contribution in [3.63, 3.8) is 0 Å². The van der Waals surface area contributed by atoms with E-state index in [1.165, 1.54) is 30.8 Å². The van der Waals surface area contributed by atoms with Crippen molar-refractivity contribution in [1.82, 2.24) is 9.97 Å². The molecule has 128 valence electrons. The Kier molecular flexibility index (Phi) is 4.85. The second kappa shape index (κ2) is 7.06. The number of nitrogens with one attached hydrogen (secondary N) is 2. The zero-order valence-electron chi connectivity index (χ0n) is 13.7. The van der Waals surface area contributed by atoms with Crippen LogP contribution in [0.2, 0.25) is 0 Å². The molecule has 0 aliphatic heterocycles. The van der Waals surface area contributed by atoms with Crippen LogP contribution in [0, 0.1) is 12.7 Å². The summed E-state index contributed by atoms with van der Waals surface area (Å²) in [5.74, 6) is -1.23. The third-order valence-corrected chi connectivity index (χ3v) is 4.42. The summed E-state index contributed by atoms with van der Waals surface area (Å²) in [6.07, 6.45) is 0. The highest BCUT2D eigenvalue weighted by Gasteiger charge is 2.14. The Labute approximate surface area is 148 Å². The molecule has 7 heteroatoms. The Morgan fingerprint density at radius 2 is 2.04 bits per heavy atom. The fraction of sp³-hybridized carbons (Fsp3) is 0.167. The number of ketones is 1. The number of anilines is 1. The van der Waals surface area contributed by atoms with Gasteiger partial charge in [0.1, 0.15) is 5.82 Å². The molecule has 0 aliphatic rings. The zero-order chi connectivity index (χ0) is 18.0. The molecule has 1 amide bonds. The van der Waals surface area contributed by atoms with Gasteiger partial charge in [-0.3, -0.25) is 9.59 Å². The molecule has 0 unspecified atom stereocenters. The van der Waals surface area contributed by atoms with Crippen LogP contribution in [-0.2, 0) is 4.79 Å². The maximum absolute atomic E-state index is 14.1. The minimum Gasteiger partial charge on any atom is -0.333 e. The molecule has 2 N–H and O–H groups in total. The van der Waals surface area contributed by atoms with E-state index in [2.05, 4.69) is 15.3 Å². The van der Waals surface area contributed by atoms with Crippen LogP contribution in [-0.4, -0.2) is 27.4 Å². The number of fused-ring (bicyclic) bond motifs is 1. The molecular weight excluding hydrogens is 341 g/mol. The van der Waals surface area contributed by atoms with Gasteiger partial charge in [0, 0.05) is 12.6 Å². The summed E-state index contributed by atoms with van der Waals surface area (Å²) in [5, 5.41) is 3.09. The summed E-state index contributed by atoms with van der Waals surface area (Å²) in [4.78, 5) is 30.8. The Balaban J connectivity index is 1.70. The molecule has 0 atom stereocenters. The number of H-pyrrole nitrogens is 1. The van der Waals surface area contributed by atoms with E-state index in [1.54, 1.807) is 0 Å². The Hall–Kier alpha value is -2.67. The van der Waals surface area contributed by atoms with Gasteiger partial charge in [-0.05, 0) is 42.8 Å². The van der Waals surface area contributed by atoms with Crippen LogP contribution in [0.4, 0.5) is 10.1 Å². The minimum absolute atomic E-state index is 0.00597. The van der Waals surface area contributed by atoms with Crippen LogP contribution in [0.1, 0.15) is 22.8 Å². The average molecular weight is 357 g/mol. The van der Waals surface area contributed by atoms with Crippen LogP contribution >= 0.6 is 11.8 Å². The van der Waals surface area contributed by atoms with E-state index in [4.69, 9.17) is 0 Å². The van der Waals surface area contributed by atoms with Gasteiger partial charge in [-0.1, -0.05) is 17.8 Å². The lowest BCUT2D eigenvalue weighted by atomic mass is 10.1. The lowest BCUT2D eigenvalue weighted by Gasteiger charge is -2.05. The Morgan fingerprint density at radius 1 is 1.24 bits per heavy atom. The molecule has 3 aromatic rings. The number of hydrogen-bond acceptors (Lipinski definition) is 4. The van der Waals surface area contributed by atoms with Gasteiger partial charge >= 0.3 is 0 Å². The fourth-order valence-corrected chi connectivity index (χ4v) is 3.17. The summed E-state index contributed by atoms with van der Waals surface area (Å²) >= 11 is 1.23. The monoisotopic (exact) mass is 357 g/mol. The van der Waals surface area contributed by atoms with E-state index < -0.39 is 5.82 Å². The number of hydrogen-bond donors (Lipinski definition) is 2. The number of thioether (sulfide) groups is 1. The van der Waals surface area contributed by atoms with Crippen LogP contribution in [0.15, 0.2) is 41.6 Å². The summed E-state index contributed by atoms with van der Waals surface area (Å²) in [6, 6.07) is 9.89. The van der Waals surface area contributed by atoms with Crippen molar-refractivity contribution in [2.45, 2.75) is 19.0 Å². The van der Waals surface area contributed by atoms with E-state index in [9.17, 15) is 14.0 Å². The second-order valence-corrected chi connectivity index (χ2v) is 6.61. The Bertz CT molecular complexity index is 968. The standard InChI is InChI=1S/C18H16FN3O2S/c1-10-3-6-15-16(7-10)22-18(21-15)25-9-17(24)13-5-4-12(8-14(13)19)20-11(2)23/h3-8H,9H2,1-2H3,(H,20,23)(H,21,22). The van der Waals surface area contributed by atoms with Crippen molar-refractivity contribution < 1.29 is 14.0 Å². The van der Waals surface area contributed by atoms with Crippen molar-refractivity contribution >= 4 is 40.2 Å². The number of aromatic nitrogens is 2. The molecule has 0 aliphatic carbocycles. The van der Waals surface area contributed by atoms with Gasteiger partial charge < -0.3 is 10.3 Å². The molecule has 1 heterocycles. The van der Waals surface area contributed by atoms with Crippen molar-refractivity contribution in [2.24, 2.45) is 0 Å². The maximum Gasteiger partial charge on any atom is 0.221 e. The van der Waals surface area contributed by atoms with E-state index in [0.717, 1.165) is 22.7 Å². The SMILES string of the molecule is CC(=O)Nc1ccc(C(=O)CSc2nc3ccc(C)cc3[nH]2)c(F)c1. The molecule has 25 heavy (non-hydrogen) atoms. The van der Waals surface area contributed by atoms with Gasteiger partial charge in [-0.2, -0.15) is 0 Å². The first-order valence-electron chi connectivity index (χ1n) is 7.62. The number of aryl methyl sites for hydroxylation is 1. The number of halogens is 1. The van der Waals surface area contributed by atoms with Crippen LogP contribution in [0.5, 0.6) is 0 Å². The predicted octanol–water partition coefficient (Wildman–Crippen LogP) is 3.94. The van der Waals surface area contributed by atoms with E-state index in [-0.39, 0.29) is 23.0 Å². The number of carbonyl (C=O) groups is 2. The van der Waals surface area contributed by atoms with E-state index in [0.29, 0.717) is 10.8 Å². The third kappa shape index (κ3) is 4.06. The van der Waals surface area contributed by atoms with Gasteiger partial charge in [-0.25, -0.2) is 9.37 Å². The van der Waals surface area contributed by atoms with Gasteiger partial charge in [0.15, 0.2) is 10.9 Å². The lowest BCUT2D eigenvalue weighted by molar-refractivity contribution is -0.114. The number of nitrogens with zero attached hydrogens (tertiary/aromatic N) is 1. The highest BCUT2D eigenvalue weighted by molar-refractivity contribution is 7.99. The summed E-state index contributed by atoms with van der Waals surface area (Å²) in [7, 11) is 0. The van der Waals surface area contributed by atoms with Crippen molar-refractivity contribution in [2.75, 3.05) is 11.1 Å². The smallest absolute Gasteiger partial charge is 0.221 e. The first-order chi connectivity index (χ1) is 11.9. The highest BCUT2D eigenvalue weighted by atomic mass is 32.2. The zero-order valence-corrected chi connectivity index (χ0v) is 14.5. The van der Waals surface area contributed by atoms with Crippen LogP contribution in [0.25, 0.3) is 11.0 Å². The molecule has 0 spiro atoms. The average Bonchev–Trinajstić information content (AvgIpc) is 2.94. The molecule has 3 rings (SSSR count).